The van der Waals surface area contributed by atoms with E-state index in [9.17, 15) is 4.79 Å². The SMILES string of the molecule is Cc1ccc(C(C)C)c(OCC(=O)NC(C)(C)Cc2ccccc2)c1. The highest BCUT2D eigenvalue weighted by atomic mass is 16.5. The lowest BCUT2D eigenvalue weighted by Gasteiger charge is -2.26. The van der Waals surface area contributed by atoms with Crippen LogP contribution in [0.2, 0.25) is 0 Å². The second-order valence-electron chi connectivity index (χ2n) is 7.58. The number of carbonyl (C=O) groups is 1. The minimum Gasteiger partial charge on any atom is -0.483 e. The van der Waals surface area contributed by atoms with E-state index in [0.717, 1.165) is 23.3 Å². The molecular weight excluding hydrogens is 310 g/mol. The summed E-state index contributed by atoms with van der Waals surface area (Å²) < 4.78 is 5.83. The van der Waals surface area contributed by atoms with Crippen molar-refractivity contribution in [2.75, 3.05) is 6.61 Å². The molecule has 1 N–H and O–H groups in total. The van der Waals surface area contributed by atoms with Crippen LogP contribution in [0, 0.1) is 6.92 Å². The molecule has 0 heterocycles. The third-order valence-corrected chi connectivity index (χ3v) is 4.12. The Bertz CT molecular complexity index is 705. The fraction of sp³-hybridized carbons (Fsp3) is 0.409. The van der Waals surface area contributed by atoms with E-state index in [1.165, 1.54) is 5.56 Å². The van der Waals surface area contributed by atoms with Crippen LogP contribution in [0.1, 0.15) is 50.3 Å². The molecule has 25 heavy (non-hydrogen) atoms. The molecule has 134 valence electrons. The van der Waals surface area contributed by atoms with Crippen molar-refractivity contribution in [2.24, 2.45) is 0 Å². The summed E-state index contributed by atoms with van der Waals surface area (Å²) in [4.78, 5) is 12.4. The van der Waals surface area contributed by atoms with Gasteiger partial charge >= 0.3 is 0 Å². The molecule has 1 amide bonds. The maximum Gasteiger partial charge on any atom is 0.258 e. The Balaban J connectivity index is 1.95. The minimum atomic E-state index is -0.324. The van der Waals surface area contributed by atoms with Crippen LogP contribution in [0.3, 0.4) is 0 Å². The molecule has 0 aliphatic heterocycles. The molecule has 0 aromatic heterocycles. The van der Waals surface area contributed by atoms with Gasteiger partial charge in [-0.05, 0) is 55.9 Å². The van der Waals surface area contributed by atoms with Crippen LogP contribution in [0.5, 0.6) is 5.75 Å². The number of rotatable bonds is 7. The number of carbonyl (C=O) groups excluding carboxylic acids is 1. The Labute approximate surface area is 151 Å². The van der Waals surface area contributed by atoms with Gasteiger partial charge in [0.2, 0.25) is 0 Å². The first-order chi connectivity index (χ1) is 11.8. The molecule has 0 spiro atoms. The van der Waals surface area contributed by atoms with Crippen LogP contribution in [-0.2, 0) is 11.2 Å². The molecule has 0 saturated carbocycles. The fourth-order valence-electron chi connectivity index (χ4n) is 2.95. The largest absolute Gasteiger partial charge is 0.483 e. The van der Waals surface area contributed by atoms with Crippen molar-refractivity contribution in [1.29, 1.82) is 0 Å². The highest BCUT2D eigenvalue weighted by Gasteiger charge is 2.21. The molecule has 0 atom stereocenters. The molecule has 0 aliphatic carbocycles. The summed E-state index contributed by atoms with van der Waals surface area (Å²) in [6.07, 6.45) is 0.779. The van der Waals surface area contributed by atoms with E-state index in [2.05, 4.69) is 43.4 Å². The van der Waals surface area contributed by atoms with Crippen molar-refractivity contribution in [2.45, 2.75) is 52.5 Å². The average Bonchev–Trinajstić information content (AvgIpc) is 2.52. The van der Waals surface area contributed by atoms with Gasteiger partial charge < -0.3 is 10.1 Å². The van der Waals surface area contributed by atoms with Gasteiger partial charge in [0.25, 0.3) is 5.91 Å². The Morgan fingerprint density at radius 2 is 1.80 bits per heavy atom. The molecule has 3 heteroatoms. The number of aryl methyl sites for hydroxylation is 1. The predicted molar refractivity (Wildman–Crippen MR) is 103 cm³/mol. The first-order valence-corrected chi connectivity index (χ1v) is 8.85. The fourth-order valence-corrected chi connectivity index (χ4v) is 2.95. The van der Waals surface area contributed by atoms with Gasteiger partial charge in [0.15, 0.2) is 6.61 Å². The lowest BCUT2D eigenvalue weighted by Crippen LogP contribution is -2.47. The van der Waals surface area contributed by atoms with Gasteiger partial charge in [0.1, 0.15) is 5.75 Å². The molecule has 0 saturated heterocycles. The highest BCUT2D eigenvalue weighted by Crippen LogP contribution is 2.27. The number of nitrogens with one attached hydrogen (secondary N) is 1. The Kier molecular flexibility index (Phi) is 6.24. The van der Waals surface area contributed by atoms with E-state index in [0.29, 0.717) is 5.92 Å². The molecule has 0 radical (unpaired) electrons. The van der Waals surface area contributed by atoms with Crippen LogP contribution in [0.15, 0.2) is 48.5 Å². The summed E-state index contributed by atoms with van der Waals surface area (Å²) in [6.45, 7) is 10.4. The normalized spacial score (nSPS) is 11.4. The van der Waals surface area contributed by atoms with Gasteiger partial charge in [-0.3, -0.25) is 4.79 Å². The Morgan fingerprint density at radius 3 is 2.44 bits per heavy atom. The first-order valence-electron chi connectivity index (χ1n) is 8.85. The van der Waals surface area contributed by atoms with Gasteiger partial charge in [-0.1, -0.05) is 56.3 Å². The van der Waals surface area contributed by atoms with Crippen LogP contribution in [-0.4, -0.2) is 18.1 Å². The molecule has 2 aromatic rings. The third kappa shape index (κ3) is 5.93. The number of ether oxygens (including phenoxy) is 1. The van der Waals surface area contributed by atoms with E-state index >= 15 is 0 Å². The lowest BCUT2D eigenvalue weighted by molar-refractivity contribution is -0.124. The molecule has 0 aliphatic rings. The average molecular weight is 339 g/mol. The van der Waals surface area contributed by atoms with Crippen LogP contribution in [0.4, 0.5) is 0 Å². The summed E-state index contributed by atoms with van der Waals surface area (Å²) in [7, 11) is 0. The molecule has 0 unspecified atom stereocenters. The molecule has 0 fully saturated rings. The maximum atomic E-state index is 12.4. The van der Waals surface area contributed by atoms with Crippen molar-refractivity contribution in [3.05, 3.63) is 65.2 Å². The first kappa shape index (κ1) is 19.0. The second-order valence-corrected chi connectivity index (χ2v) is 7.58. The predicted octanol–water partition coefficient (Wildman–Crippen LogP) is 4.63. The molecule has 2 aromatic carbocycles. The molecular formula is C22H29NO2. The highest BCUT2D eigenvalue weighted by molar-refractivity contribution is 5.78. The van der Waals surface area contributed by atoms with Crippen molar-refractivity contribution in [3.63, 3.8) is 0 Å². The van der Waals surface area contributed by atoms with Gasteiger partial charge in [0, 0.05) is 5.54 Å². The third-order valence-electron chi connectivity index (χ3n) is 4.12. The van der Waals surface area contributed by atoms with Gasteiger partial charge in [-0.15, -0.1) is 0 Å². The molecule has 2 rings (SSSR count). The summed E-state index contributed by atoms with van der Waals surface area (Å²) >= 11 is 0. The van der Waals surface area contributed by atoms with E-state index in [4.69, 9.17) is 4.74 Å². The maximum absolute atomic E-state index is 12.4. The van der Waals surface area contributed by atoms with E-state index in [-0.39, 0.29) is 18.1 Å². The summed E-state index contributed by atoms with van der Waals surface area (Å²) in [5.41, 5.74) is 3.13. The second kappa shape index (κ2) is 8.19. The molecule has 3 nitrogen and oxygen atoms in total. The lowest BCUT2D eigenvalue weighted by atomic mass is 9.95. The summed E-state index contributed by atoms with van der Waals surface area (Å²) in [5, 5.41) is 3.07. The summed E-state index contributed by atoms with van der Waals surface area (Å²) in [5.74, 6) is 1.05. The smallest absolute Gasteiger partial charge is 0.258 e. The van der Waals surface area contributed by atoms with E-state index in [1.807, 2.05) is 45.0 Å². The monoisotopic (exact) mass is 339 g/mol. The number of hydrogen-bond acceptors (Lipinski definition) is 2. The number of amides is 1. The minimum absolute atomic E-state index is 0.0292. The number of benzene rings is 2. The summed E-state index contributed by atoms with van der Waals surface area (Å²) in [6, 6.07) is 16.3. The van der Waals surface area contributed by atoms with Crippen molar-refractivity contribution in [1.82, 2.24) is 5.32 Å². The van der Waals surface area contributed by atoms with Crippen LogP contribution < -0.4 is 10.1 Å². The topological polar surface area (TPSA) is 38.3 Å². The van der Waals surface area contributed by atoms with Crippen LogP contribution >= 0.6 is 0 Å². The van der Waals surface area contributed by atoms with E-state index in [1.54, 1.807) is 0 Å². The van der Waals surface area contributed by atoms with Crippen molar-refractivity contribution < 1.29 is 9.53 Å². The Hall–Kier alpha value is -2.29. The van der Waals surface area contributed by atoms with Crippen molar-refractivity contribution in [3.8, 4) is 5.75 Å². The van der Waals surface area contributed by atoms with Crippen molar-refractivity contribution >= 4 is 5.91 Å². The zero-order valence-corrected chi connectivity index (χ0v) is 15.9. The van der Waals surface area contributed by atoms with Gasteiger partial charge in [-0.2, -0.15) is 0 Å². The number of hydrogen-bond donors (Lipinski definition) is 1. The van der Waals surface area contributed by atoms with E-state index < -0.39 is 0 Å². The van der Waals surface area contributed by atoms with Gasteiger partial charge in [-0.25, -0.2) is 0 Å². The standard InChI is InChI=1S/C22H29NO2/c1-16(2)19-12-11-17(3)13-20(19)25-15-21(24)23-22(4,5)14-18-9-7-6-8-10-18/h6-13,16H,14-15H2,1-5H3,(H,23,24). The van der Waals surface area contributed by atoms with Crippen LogP contribution in [0.25, 0.3) is 0 Å². The quantitative estimate of drug-likeness (QED) is 0.798. The van der Waals surface area contributed by atoms with Gasteiger partial charge in [0.05, 0.1) is 0 Å². The Morgan fingerprint density at radius 1 is 1.12 bits per heavy atom. The zero-order valence-electron chi connectivity index (χ0n) is 15.9. The zero-order chi connectivity index (χ0) is 18.4. The molecule has 0 bridgehead atoms.